The Labute approximate surface area is 136 Å². The summed E-state index contributed by atoms with van der Waals surface area (Å²) in [5.41, 5.74) is 1.32. The smallest absolute Gasteiger partial charge is 0.323 e. The zero-order valence-electron chi connectivity index (χ0n) is 12.2. The highest BCUT2D eigenvalue weighted by Gasteiger charge is 2.32. The molecule has 1 aliphatic rings. The summed E-state index contributed by atoms with van der Waals surface area (Å²) in [6.07, 6.45) is 0. The number of anilines is 2. The van der Waals surface area contributed by atoms with Crippen LogP contribution in [0.4, 0.5) is 11.4 Å². The first-order chi connectivity index (χ1) is 11.4. The van der Waals surface area contributed by atoms with Crippen LogP contribution in [0, 0.1) is 0 Å². The number of carbonyl (C=O) groups excluding carboxylic acids is 1. The standard InChI is InChI=1S/C15H12N4O4S/c20-14-8-19(13-4-2-1-3-11(13)16-14)24(22,23)9-5-6-10-12(7-9)18-15(21)17-10/h1-7H,8H2,(H,16,20)(H2,17,18,21). The maximum Gasteiger partial charge on any atom is 0.323 e. The van der Waals surface area contributed by atoms with Gasteiger partial charge in [0.15, 0.2) is 0 Å². The van der Waals surface area contributed by atoms with Crippen LogP contribution in [0.5, 0.6) is 0 Å². The van der Waals surface area contributed by atoms with Gasteiger partial charge in [-0.3, -0.25) is 9.10 Å². The molecular weight excluding hydrogens is 332 g/mol. The number of amides is 1. The summed E-state index contributed by atoms with van der Waals surface area (Å²) >= 11 is 0. The summed E-state index contributed by atoms with van der Waals surface area (Å²) in [5.74, 6) is -0.409. The predicted octanol–water partition coefficient (Wildman–Crippen LogP) is 1.00. The Kier molecular flexibility index (Phi) is 3.00. The fourth-order valence-electron chi connectivity index (χ4n) is 2.72. The number of H-pyrrole nitrogens is 2. The lowest BCUT2D eigenvalue weighted by molar-refractivity contribution is -0.115. The first-order valence-corrected chi connectivity index (χ1v) is 8.53. The molecule has 2 heterocycles. The van der Waals surface area contributed by atoms with E-state index in [1.54, 1.807) is 24.3 Å². The van der Waals surface area contributed by atoms with E-state index in [9.17, 15) is 18.0 Å². The molecule has 1 aromatic heterocycles. The monoisotopic (exact) mass is 344 g/mol. The van der Waals surface area contributed by atoms with E-state index in [2.05, 4.69) is 15.3 Å². The number of benzene rings is 2. The summed E-state index contributed by atoms with van der Waals surface area (Å²) in [4.78, 5) is 28.3. The average Bonchev–Trinajstić information content (AvgIpc) is 2.93. The minimum atomic E-state index is -3.95. The van der Waals surface area contributed by atoms with E-state index in [-0.39, 0.29) is 11.4 Å². The van der Waals surface area contributed by atoms with Gasteiger partial charge in [-0.15, -0.1) is 0 Å². The Bertz CT molecular complexity index is 1130. The molecule has 0 aliphatic carbocycles. The molecule has 2 aromatic carbocycles. The molecule has 1 aliphatic heterocycles. The number of fused-ring (bicyclic) bond motifs is 2. The van der Waals surface area contributed by atoms with Gasteiger partial charge in [0.2, 0.25) is 5.91 Å². The number of nitrogens with zero attached hydrogens (tertiary/aromatic N) is 1. The van der Waals surface area contributed by atoms with E-state index in [1.165, 1.54) is 18.2 Å². The summed E-state index contributed by atoms with van der Waals surface area (Å²) in [6, 6.07) is 11.0. The quantitative estimate of drug-likeness (QED) is 0.643. The topological polar surface area (TPSA) is 115 Å². The van der Waals surface area contributed by atoms with Crippen LogP contribution in [0.3, 0.4) is 0 Å². The number of hydrogen-bond donors (Lipinski definition) is 3. The van der Waals surface area contributed by atoms with Gasteiger partial charge in [-0.2, -0.15) is 0 Å². The van der Waals surface area contributed by atoms with Crippen molar-refractivity contribution in [2.24, 2.45) is 0 Å². The minimum Gasteiger partial charge on any atom is -0.323 e. The van der Waals surface area contributed by atoms with Gasteiger partial charge >= 0.3 is 5.69 Å². The van der Waals surface area contributed by atoms with Crippen molar-refractivity contribution in [1.29, 1.82) is 0 Å². The number of carbonyl (C=O) groups is 1. The molecule has 24 heavy (non-hydrogen) atoms. The van der Waals surface area contributed by atoms with Crippen LogP contribution in [-0.4, -0.2) is 30.8 Å². The Morgan fingerprint density at radius 3 is 2.54 bits per heavy atom. The molecule has 4 rings (SSSR count). The van der Waals surface area contributed by atoms with Gasteiger partial charge in [-0.1, -0.05) is 12.1 Å². The van der Waals surface area contributed by atoms with Gasteiger partial charge in [0.25, 0.3) is 10.0 Å². The molecule has 3 N–H and O–H groups in total. The maximum atomic E-state index is 13.0. The first-order valence-electron chi connectivity index (χ1n) is 7.09. The lowest BCUT2D eigenvalue weighted by atomic mass is 10.2. The molecule has 0 spiro atoms. The lowest BCUT2D eigenvalue weighted by Gasteiger charge is -2.30. The third-order valence-electron chi connectivity index (χ3n) is 3.81. The molecule has 0 saturated carbocycles. The molecule has 3 aromatic rings. The van der Waals surface area contributed by atoms with Gasteiger partial charge in [-0.05, 0) is 30.3 Å². The Morgan fingerprint density at radius 2 is 1.71 bits per heavy atom. The molecular formula is C15H12N4O4S. The summed E-state index contributed by atoms with van der Waals surface area (Å²) in [6.45, 7) is -0.305. The second-order valence-electron chi connectivity index (χ2n) is 5.36. The molecule has 1 amide bonds. The van der Waals surface area contributed by atoms with Crippen LogP contribution in [0.25, 0.3) is 11.0 Å². The highest BCUT2D eigenvalue weighted by atomic mass is 32.2. The molecule has 0 fully saturated rings. The van der Waals surface area contributed by atoms with Crippen molar-refractivity contribution >= 4 is 38.3 Å². The number of sulfonamides is 1. The Morgan fingerprint density at radius 1 is 0.958 bits per heavy atom. The van der Waals surface area contributed by atoms with Crippen molar-refractivity contribution < 1.29 is 13.2 Å². The second kappa shape index (κ2) is 4.96. The summed E-state index contributed by atoms with van der Waals surface area (Å²) < 4.78 is 27.0. The van der Waals surface area contributed by atoms with Gasteiger partial charge in [-0.25, -0.2) is 13.2 Å². The van der Waals surface area contributed by atoms with Gasteiger partial charge in [0.1, 0.15) is 6.54 Å². The van der Waals surface area contributed by atoms with Crippen molar-refractivity contribution in [3.8, 4) is 0 Å². The lowest BCUT2D eigenvalue weighted by Crippen LogP contribution is -2.42. The molecule has 9 heteroatoms. The van der Waals surface area contributed by atoms with Crippen LogP contribution in [0.15, 0.2) is 52.2 Å². The van der Waals surface area contributed by atoms with E-state index in [4.69, 9.17) is 0 Å². The van der Waals surface area contributed by atoms with Crippen molar-refractivity contribution in [2.45, 2.75) is 4.90 Å². The minimum absolute atomic E-state index is 0.00486. The van der Waals surface area contributed by atoms with Crippen LogP contribution in [0.2, 0.25) is 0 Å². The van der Waals surface area contributed by atoms with Gasteiger partial charge in [0, 0.05) is 0 Å². The number of aromatic amines is 2. The largest absolute Gasteiger partial charge is 0.323 e. The van der Waals surface area contributed by atoms with Crippen molar-refractivity contribution in [1.82, 2.24) is 9.97 Å². The number of rotatable bonds is 2. The van der Waals surface area contributed by atoms with E-state index >= 15 is 0 Å². The van der Waals surface area contributed by atoms with E-state index < -0.39 is 21.6 Å². The zero-order chi connectivity index (χ0) is 16.9. The van der Waals surface area contributed by atoms with Crippen LogP contribution >= 0.6 is 0 Å². The van der Waals surface area contributed by atoms with Crippen LogP contribution in [0.1, 0.15) is 0 Å². The van der Waals surface area contributed by atoms with Crippen LogP contribution < -0.4 is 15.3 Å². The molecule has 0 atom stereocenters. The second-order valence-corrected chi connectivity index (χ2v) is 7.23. The average molecular weight is 344 g/mol. The third-order valence-corrected chi connectivity index (χ3v) is 5.57. The predicted molar refractivity (Wildman–Crippen MR) is 88.5 cm³/mol. The molecule has 0 saturated heterocycles. The fourth-order valence-corrected chi connectivity index (χ4v) is 4.18. The van der Waals surface area contributed by atoms with Gasteiger partial charge in [0.05, 0.1) is 27.3 Å². The zero-order valence-corrected chi connectivity index (χ0v) is 13.1. The number of para-hydroxylation sites is 2. The first kappa shape index (κ1) is 14.5. The van der Waals surface area contributed by atoms with Crippen LogP contribution in [-0.2, 0) is 14.8 Å². The van der Waals surface area contributed by atoms with Crippen molar-refractivity contribution in [2.75, 3.05) is 16.2 Å². The number of hydrogen-bond acceptors (Lipinski definition) is 4. The number of imidazole rings is 1. The van der Waals surface area contributed by atoms with Crippen molar-refractivity contribution in [3.63, 3.8) is 0 Å². The van der Waals surface area contributed by atoms with E-state index in [0.717, 1.165) is 4.31 Å². The highest BCUT2D eigenvalue weighted by molar-refractivity contribution is 7.93. The Balaban J connectivity index is 1.87. The molecule has 122 valence electrons. The fraction of sp³-hybridized carbons (Fsp3) is 0.0667. The third kappa shape index (κ3) is 2.17. The molecule has 8 nitrogen and oxygen atoms in total. The number of nitrogens with one attached hydrogen (secondary N) is 3. The van der Waals surface area contributed by atoms with E-state index in [1.807, 2.05) is 0 Å². The molecule has 0 radical (unpaired) electrons. The molecule has 0 unspecified atom stereocenters. The summed E-state index contributed by atoms with van der Waals surface area (Å²) in [5, 5.41) is 2.65. The summed E-state index contributed by atoms with van der Waals surface area (Å²) in [7, 11) is -3.95. The van der Waals surface area contributed by atoms with Crippen molar-refractivity contribution in [3.05, 3.63) is 52.9 Å². The van der Waals surface area contributed by atoms with E-state index in [0.29, 0.717) is 22.4 Å². The molecule has 0 bridgehead atoms. The normalized spacial score (nSPS) is 14.5. The van der Waals surface area contributed by atoms with Gasteiger partial charge < -0.3 is 15.3 Å². The Hall–Kier alpha value is -3.07. The highest BCUT2D eigenvalue weighted by Crippen LogP contribution is 2.33. The SMILES string of the molecule is O=C1CN(S(=O)(=O)c2ccc3[nH]c(=O)[nH]c3c2)c2ccccc2N1. The number of aromatic nitrogens is 2. The maximum absolute atomic E-state index is 13.0.